The van der Waals surface area contributed by atoms with Crippen LogP contribution in [0.25, 0.3) is 0 Å². The third-order valence-electron chi connectivity index (χ3n) is 4.13. The van der Waals surface area contributed by atoms with Crippen LogP contribution in [0.15, 0.2) is 18.2 Å². The standard InChI is InChI=1S/C17H27N3O4S.ClH/c1-13-4-5-16(19-25(2,22)23)15(12-13)17(21)20-9-6-14(7-10-20)24-11-3-8-18;/h4-5,12,14,19H,3,6-11,18H2,1-2H3;1H. The van der Waals surface area contributed by atoms with Gasteiger partial charge in [0.2, 0.25) is 10.0 Å². The third-order valence-corrected chi connectivity index (χ3v) is 4.72. The molecule has 0 unspecified atom stereocenters. The minimum absolute atomic E-state index is 0. The molecule has 7 nitrogen and oxygen atoms in total. The first kappa shape index (κ1) is 22.7. The highest BCUT2D eigenvalue weighted by Gasteiger charge is 2.26. The highest BCUT2D eigenvalue weighted by molar-refractivity contribution is 7.92. The van der Waals surface area contributed by atoms with Crippen molar-refractivity contribution >= 4 is 34.0 Å². The quantitative estimate of drug-likeness (QED) is 0.673. The largest absolute Gasteiger partial charge is 0.378 e. The van der Waals surface area contributed by atoms with Crippen LogP contribution in [0.3, 0.4) is 0 Å². The van der Waals surface area contributed by atoms with Crippen LogP contribution in [0.2, 0.25) is 0 Å². The molecule has 2 rings (SSSR count). The van der Waals surface area contributed by atoms with Gasteiger partial charge in [-0.1, -0.05) is 11.6 Å². The Hall–Kier alpha value is -1.35. The van der Waals surface area contributed by atoms with Gasteiger partial charge >= 0.3 is 0 Å². The molecule has 148 valence electrons. The molecule has 1 aliphatic rings. The zero-order valence-electron chi connectivity index (χ0n) is 15.2. The van der Waals surface area contributed by atoms with E-state index in [1.165, 1.54) is 0 Å². The number of carbonyl (C=O) groups is 1. The van der Waals surface area contributed by atoms with Gasteiger partial charge in [0.05, 0.1) is 23.6 Å². The van der Waals surface area contributed by atoms with Crippen molar-refractivity contribution in [1.82, 2.24) is 4.90 Å². The summed E-state index contributed by atoms with van der Waals surface area (Å²) >= 11 is 0. The molecule has 0 aromatic heterocycles. The first-order chi connectivity index (χ1) is 11.8. The van der Waals surface area contributed by atoms with Crippen LogP contribution in [-0.2, 0) is 14.8 Å². The lowest BCUT2D eigenvalue weighted by Crippen LogP contribution is -2.41. The Morgan fingerprint density at radius 1 is 1.35 bits per heavy atom. The number of sulfonamides is 1. The highest BCUT2D eigenvalue weighted by atomic mass is 35.5. The number of aryl methyl sites for hydroxylation is 1. The van der Waals surface area contributed by atoms with E-state index < -0.39 is 10.0 Å². The molecule has 1 heterocycles. The average molecular weight is 406 g/mol. The first-order valence-electron chi connectivity index (χ1n) is 8.49. The number of benzene rings is 1. The minimum Gasteiger partial charge on any atom is -0.378 e. The number of piperidine rings is 1. The fourth-order valence-corrected chi connectivity index (χ4v) is 3.43. The summed E-state index contributed by atoms with van der Waals surface area (Å²) in [6.07, 6.45) is 3.61. The number of amides is 1. The number of nitrogens with zero attached hydrogens (tertiary/aromatic N) is 1. The monoisotopic (exact) mass is 405 g/mol. The van der Waals surface area contributed by atoms with Crippen LogP contribution >= 0.6 is 12.4 Å². The Morgan fingerprint density at radius 2 is 2.00 bits per heavy atom. The number of halogens is 1. The van der Waals surface area contributed by atoms with Crippen molar-refractivity contribution < 1.29 is 17.9 Å². The van der Waals surface area contributed by atoms with Crippen molar-refractivity contribution in [3.8, 4) is 0 Å². The minimum atomic E-state index is -3.45. The second kappa shape index (κ2) is 10.1. The van der Waals surface area contributed by atoms with Gasteiger partial charge in [-0.15, -0.1) is 12.4 Å². The van der Waals surface area contributed by atoms with Gasteiger partial charge in [0.15, 0.2) is 0 Å². The lowest BCUT2D eigenvalue weighted by atomic mass is 10.0. The molecule has 0 atom stereocenters. The summed E-state index contributed by atoms with van der Waals surface area (Å²) in [5.74, 6) is -0.157. The number of hydrogen-bond donors (Lipinski definition) is 2. The van der Waals surface area contributed by atoms with Gasteiger partial charge in [0.25, 0.3) is 5.91 Å². The highest BCUT2D eigenvalue weighted by Crippen LogP contribution is 2.23. The summed E-state index contributed by atoms with van der Waals surface area (Å²) in [6.45, 7) is 4.32. The zero-order valence-corrected chi connectivity index (χ0v) is 16.9. The molecule has 26 heavy (non-hydrogen) atoms. The molecule has 0 bridgehead atoms. The molecule has 0 radical (unpaired) electrons. The van der Waals surface area contributed by atoms with Crippen LogP contribution in [-0.4, -0.2) is 57.8 Å². The maximum atomic E-state index is 12.9. The molecule has 0 spiro atoms. The average Bonchev–Trinajstić information content (AvgIpc) is 2.55. The van der Waals surface area contributed by atoms with E-state index >= 15 is 0 Å². The van der Waals surface area contributed by atoms with E-state index in [2.05, 4.69) is 4.72 Å². The normalized spacial score (nSPS) is 15.4. The number of carbonyl (C=O) groups excluding carboxylic acids is 1. The number of hydrogen-bond acceptors (Lipinski definition) is 5. The Morgan fingerprint density at radius 3 is 2.58 bits per heavy atom. The number of anilines is 1. The van der Waals surface area contributed by atoms with Crippen molar-refractivity contribution in [1.29, 1.82) is 0 Å². The first-order valence-corrected chi connectivity index (χ1v) is 10.4. The molecular weight excluding hydrogens is 378 g/mol. The summed E-state index contributed by atoms with van der Waals surface area (Å²) in [6, 6.07) is 5.13. The summed E-state index contributed by atoms with van der Waals surface area (Å²) in [5.41, 5.74) is 7.07. The van der Waals surface area contributed by atoms with Crippen molar-refractivity contribution in [3.63, 3.8) is 0 Å². The molecule has 1 aliphatic heterocycles. The maximum Gasteiger partial charge on any atom is 0.255 e. The van der Waals surface area contributed by atoms with Crippen LogP contribution in [0, 0.1) is 6.92 Å². The Kier molecular flexibility index (Phi) is 8.82. The summed E-state index contributed by atoms with van der Waals surface area (Å²) in [4.78, 5) is 14.6. The molecule has 1 aromatic rings. The third kappa shape index (κ3) is 6.75. The summed E-state index contributed by atoms with van der Waals surface area (Å²) < 4.78 is 31.3. The van der Waals surface area contributed by atoms with Gasteiger partial charge in [-0.05, 0) is 44.9 Å². The number of likely N-dealkylation sites (tertiary alicyclic amines) is 1. The van der Waals surface area contributed by atoms with Crippen molar-refractivity contribution in [2.24, 2.45) is 5.73 Å². The molecule has 0 saturated carbocycles. The lowest BCUT2D eigenvalue weighted by Gasteiger charge is -2.32. The van der Waals surface area contributed by atoms with E-state index in [-0.39, 0.29) is 24.4 Å². The molecule has 1 aromatic carbocycles. The topological polar surface area (TPSA) is 102 Å². The van der Waals surface area contributed by atoms with Crippen LogP contribution < -0.4 is 10.5 Å². The number of ether oxygens (including phenoxy) is 1. The lowest BCUT2D eigenvalue weighted by molar-refractivity contribution is 0.00847. The molecule has 3 N–H and O–H groups in total. The van der Waals surface area contributed by atoms with Gasteiger partial charge in [-0.25, -0.2) is 8.42 Å². The van der Waals surface area contributed by atoms with Crippen molar-refractivity contribution in [2.45, 2.75) is 32.3 Å². The van der Waals surface area contributed by atoms with E-state index in [4.69, 9.17) is 10.5 Å². The summed E-state index contributed by atoms with van der Waals surface area (Å²) in [5, 5.41) is 0. The van der Waals surface area contributed by atoms with Gasteiger partial charge in [-0.2, -0.15) is 0 Å². The smallest absolute Gasteiger partial charge is 0.255 e. The predicted molar refractivity (Wildman–Crippen MR) is 105 cm³/mol. The van der Waals surface area contributed by atoms with E-state index in [0.717, 1.165) is 31.1 Å². The molecular formula is C17H28ClN3O4S. The van der Waals surface area contributed by atoms with Gasteiger partial charge < -0.3 is 15.4 Å². The van der Waals surface area contributed by atoms with E-state index in [1.54, 1.807) is 23.1 Å². The predicted octanol–water partition coefficient (Wildman–Crippen LogP) is 1.76. The molecule has 0 aliphatic carbocycles. The maximum absolute atomic E-state index is 12.9. The van der Waals surface area contributed by atoms with Crippen molar-refractivity contribution in [3.05, 3.63) is 29.3 Å². The van der Waals surface area contributed by atoms with Gasteiger partial charge in [-0.3, -0.25) is 9.52 Å². The molecule has 1 amide bonds. The summed E-state index contributed by atoms with van der Waals surface area (Å²) in [7, 11) is -3.45. The van der Waals surface area contributed by atoms with E-state index in [0.29, 0.717) is 37.5 Å². The van der Waals surface area contributed by atoms with E-state index in [1.807, 2.05) is 6.92 Å². The second-order valence-electron chi connectivity index (χ2n) is 6.43. The van der Waals surface area contributed by atoms with Gasteiger partial charge in [0, 0.05) is 19.7 Å². The fraction of sp³-hybridized carbons (Fsp3) is 0.588. The fourth-order valence-electron chi connectivity index (χ4n) is 2.85. The Balaban J connectivity index is 0.00000338. The Labute approximate surface area is 161 Å². The van der Waals surface area contributed by atoms with Gasteiger partial charge in [0.1, 0.15) is 0 Å². The van der Waals surface area contributed by atoms with Crippen LogP contribution in [0.5, 0.6) is 0 Å². The number of rotatable bonds is 7. The molecule has 1 saturated heterocycles. The molecule has 9 heteroatoms. The Bertz CT molecular complexity index is 704. The number of nitrogens with one attached hydrogen (secondary N) is 1. The number of nitrogens with two attached hydrogens (primary N) is 1. The van der Waals surface area contributed by atoms with E-state index in [9.17, 15) is 13.2 Å². The van der Waals surface area contributed by atoms with Crippen molar-refractivity contribution in [2.75, 3.05) is 37.2 Å². The second-order valence-corrected chi connectivity index (χ2v) is 8.18. The zero-order chi connectivity index (χ0) is 18.4. The van der Waals surface area contributed by atoms with Crippen LogP contribution in [0.1, 0.15) is 35.2 Å². The molecule has 1 fully saturated rings. The SMILES string of the molecule is Cc1ccc(NS(C)(=O)=O)c(C(=O)N2CCC(OCCCN)CC2)c1.Cl. The van der Waals surface area contributed by atoms with Crippen LogP contribution in [0.4, 0.5) is 5.69 Å².